The highest BCUT2D eigenvalue weighted by Crippen LogP contribution is 2.19. The zero-order chi connectivity index (χ0) is 16.7. The van der Waals surface area contributed by atoms with Gasteiger partial charge in [-0.2, -0.15) is 0 Å². The standard InChI is InChI=1S/C15H16BrFN4O2/c16-12-4-3-11(9-13(12)17)20-15(23)14(22)19-5-1-2-7-21-8-6-18-10-21/h3-4,6,8-10H,1-2,5,7H2,(H,19,22)(H,20,23). The van der Waals surface area contributed by atoms with Crippen molar-refractivity contribution in [1.29, 1.82) is 0 Å². The number of carbonyl (C=O) groups is 2. The second-order valence-corrected chi connectivity index (χ2v) is 5.70. The molecule has 0 bridgehead atoms. The van der Waals surface area contributed by atoms with E-state index in [0.717, 1.165) is 25.5 Å². The molecule has 6 nitrogen and oxygen atoms in total. The molecule has 0 saturated carbocycles. The topological polar surface area (TPSA) is 76.0 Å². The lowest BCUT2D eigenvalue weighted by atomic mass is 10.3. The van der Waals surface area contributed by atoms with Crippen molar-refractivity contribution in [1.82, 2.24) is 14.9 Å². The summed E-state index contributed by atoms with van der Waals surface area (Å²) in [4.78, 5) is 27.3. The number of anilines is 1. The third kappa shape index (κ3) is 5.48. The van der Waals surface area contributed by atoms with Crippen LogP contribution in [0.5, 0.6) is 0 Å². The highest BCUT2D eigenvalue weighted by atomic mass is 79.9. The maximum atomic E-state index is 13.3. The highest BCUT2D eigenvalue weighted by molar-refractivity contribution is 9.10. The van der Waals surface area contributed by atoms with Crippen LogP contribution >= 0.6 is 15.9 Å². The van der Waals surface area contributed by atoms with Crippen LogP contribution in [0.1, 0.15) is 12.8 Å². The minimum absolute atomic E-state index is 0.228. The first-order valence-electron chi connectivity index (χ1n) is 7.06. The molecule has 2 N–H and O–H groups in total. The fourth-order valence-corrected chi connectivity index (χ4v) is 2.13. The third-order valence-corrected chi connectivity index (χ3v) is 3.71. The highest BCUT2D eigenvalue weighted by Gasteiger charge is 2.13. The van der Waals surface area contributed by atoms with Crippen molar-refractivity contribution >= 4 is 33.4 Å². The van der Waals surface area contributed by atoms with E-state index in [0.29, 0.717) is 6.54 Å². The molecule has 2 aromatic rings. The molecule has 122 valence electrons. The van der Waals surface area contributed by atoms with Crippen LogP contribution in [0.25, 0.3) is 0 Å². The molecule has 23 heavy (non-hydrogen) atoms. The Balaban J connectivity index is 1.68. The number of rotatable bonds is 6. The number of imidazole rings is 1. The molecule has 1 aromatic heterocycles. The molecule has 1 heterocycles. The summed E-state index contributed by atoms with van der Waals surface area (Å²) >= 11 is 3.02. The van der Waals surface area contributed by atoms with Gasteiger partial charge in [0.2, 0.25) is 0 Å². The first-order chi connectivity index (χ1) is 11.1. The molecule has 0 atom stereocenters. The smallest absolute Gasteiger partial charge is 0.313 e. The van der Waals surface area contributed by atoms with Crippen molar-refractivity contribution in [3.8, 4) is 0 Å². The van der Waals surface area contributed by atoms with Crippen LogP contribution in [-0.4, -0.2) is 27.9 Å². The van der Waals surface area contributed by atoms with E-state index < -0.39 is 17.6 Å². The summed E-state index contributed by atoms with van der Waals surface area (Å²) in [7, 11) is 0. The van der Waals surface area contributed by atoms with Crippen molar-refractivity contribution in [2.45, 2.75) is 19.4 Å². The fourth-order valence-electron chi connectivity index (χ4n) is 1.88. The first-order valence-corrected chi connectivity index (χ1v) is 7.85. The van der Waals surface area contributed by atoms with Crippen LogP contribution in [0.15, 0.2) is 41.4 Å². The van der Waals surface area contributed by atoms with Crippen LogP contribution in [-0.2, 0) is 16.1 Å². The number of hydrogen-bond donors (Lipinski definition) is 2. The summed E-state index contributed by atoms with van der Waals surface area (Å²) in [5, 5.41) is 4.88. The van der Waals surface area contributed by atoms with Gasteiger partial charge in [-0.05, 0) is 47.0 Å². The van der Waals surface area contributed by atoms with Gasteiger partial charge in [-0.3, -0.25) is 9.59 Å². The number of benzene rings is 1. The van der Waals surface area contributed by atoms with Gasteiger partial charge < -0.3 is 15.2 Å². The normalized spacial score (nSPS) is 10.3. The number of aryl methyl sites for hydroxylation is 1. The van der Waals surface area contributed by atoms with Crippen LogP contribution in [0.4, 0.5) is 10.1 Å². The van der Waals surface area contributed by atoms with E-state index >= 15 is 0 Å². The second kappa shape index (κ2) is 8.42. The number of carbonyl (C=O) groups excluding carboxylic acids is 2. The molecule has 0 saturated heterocycles. The molecular formula is C15H16BrFN4O2. The molecule has 0 aliphatic rings. The minimum atomic E-state index is -0.818. The van der Waals surface area contributed by atoms with Crippen molar-refractivity contribution in [2.75, 3.05) is 11.9 Å². The van der Waals surface area contributed by atoms with Gasteiger partial charge in [0, 0.05) is 31.2 Å². The Labute approximate surface area is 141 Å². The lowest BCUT2D eigenvalue weighted by Crippen LogP contribution is -2.36. The van der Waals surface area contributed by atoms with Gasteiger partial charge in [-0.15, -0.1) is 0 Å². The number of halogens is 2. The summed E-state index contributed by atoms with van der Waals surface area (Å²) in [6.07, 6.45) is 6.89. The first kappa shape index (κ1) is 17.1. The Bertz CT molecular complexity index is 676. The second-order valence-electron chi connectivity index (χ2n) is 4.85. The molecule has 8 heteroatoms. The molecule has 2 amide bonds. The Kier molecular flexibility index (Phi) is 6.28. The zero-order valence-corrected chi connectivity index (χ0v) is 13.8. The van der Waals surface area contributed by atoms with E-state index in [1.54, 1.807) is 12.5 Å². The summed E-state index contributed by atoms with van der Waals surface area (Å²) in [6, 6.07) is 4.10. The van der Waals surface area contributed by atoms with Gasteiger partial charge in [0.1, 0.15) is 5.82 Å². The van der Waals surface area contributed by atoms with Gasteiger partial charge >= 0.3 is 11.8 Å². The van der Waals surface area contributed by atoms with Crippen LogP contribution < -0.4 is 10.6 Å². The maximum Gasteiger partial charge on any atom is 0.313 e. The zero-order valence-electron chi connectivity index (χ0n) is 12.3. The number of aromatic nitrogens is 2. The lowest BCUT2D eigenvalue weighted by Gasteiger charge is -2.07. The molecule has 2 rings (SSSR count). The Morgan fingerprint density at radius 2 is 2.09 bits per heavy atom. The Morgan fingerprint density at radius 3 is 2.78 bits per heavy atom. The lowest BCUT2D eigenvalue weighted by molar-refractivity contribution is -0.136. The molecular weight excluding hydrogens is 367 g/mol. The summed E-state index contributed by atoms with van der Waals surface area (Å²) < 4.78 is 15.6. The van der Waals surface area contributed by atoms with Gasteiger partial charge in [0.25, 0.3) is 0 Å². The van der Waals surface area contributed by atoms with Crippen LogP contribution in [0.2, 0.25) is 0 Å². The van der Waals surface area contributed by atoms with Gasteiger partial charge in [-0.25, -0.2) is 9.37 Å². The van der Waals surface area contributed by atoms with E-state index in [-0.39, 0.29) is 10.2 Å². The Hall–Kier alpha value is -2.22. The molecule has 0 aliphatic heterocycles. The monoisotopic (exact) mass is 382 g/mol. The molecule has 0 radical (unpaired) electrons. The van der Waals surface area contributed by atoms with E-state index in [4.69, 9.17) is 0 Å². The largest absolute Gasteiger partial charge is 0.348 e. The summed E-state index contributed by atoms with van der Waals surface area (Å²) in [5.41, 5.74) is 0.228. The fraction of sp³-hybridized carbons (Fsp3) is 0.267. The number of amides is 2. The van der Waals surface area contributed by atoms with Crippen LogP contribution in [0, 0.1) is 5.82 Å². The summed E-state index contributed by atoms with van der Waals surface area (Å²) in [5.74, 6) is -2.07. The molecule has 0 aliphatic carbocycles. The summed E-state index contributed by atoms with van der Waals surface area (Å²) in [6.45, 7) is 1.20. The van der Waals surface area contributed by atoms with E-state index in [1.807, 2.05) is 10.8 Å². The average Bonchev–Trinajstić information content (AvgIpc) is 3.03. The van der Waals surface area contributed by atoms with E-state index in [9.17, 15) is 14.0 Å². The third-order valence-electron chi connectivity index (χ3n) is 3.07. The van der Waals surface area contributed by atoms with Gasteiger partial charge in [-0.1, -0.05) is 0 Å². The SMILES string of the molecule is O=C(NCCCCn1ccnc1)C(=O)Nc1ccc(Br)c(F)c1. The van der Waals surface area contributed by atoms with Crippen LogP contribution in [0.3, 0.4) is 0 Å². The predicted molar refractivity (Wildman–Crippen MR) is 87.2 cm³/mol. The molecule has 0 unspecified atom stereocenters. The number of nitrogens with zero attached hydrogens (tertiary/aromatic N) is 2. The molecule has 0 spiro atoms. The van der Waals surface area contributed by atoms with Crippen molar-refractivity contribution < 1.29 is 14.0 Å². The van der Waals surface area contributed by atoms with Gasteiger partial charge in [0.05, 0.1) is 10.8 Å². The quantitative estimate of drug-likeness (QED) is 0.594. The van der Waals surface area contributed by atoms with Gasteiger partial charge in [0.15, 0.2) is 0 Å². The average molecular weight is 383 g/mol. The van der Waals surface area contributed by atoms with E-state index in [2.05, 4.69) is 31.5 Å². The molecule has 0 fully saturated rings. The van der Waals surface area contributed by atoms with Crippen molar-refractivity contribution in [2.24, 2.45) is 0 Å². The van der Waals surface area contributed by atoms with E-state index in [1.165, 1.54) is 12.1 Å². The predicted octanol–water partition coefficient (Wildman–Crippen LogP) is 2.32. The number of hydrogen-bond acceptors (Lipinski definition) is 3. The minimum Gasteiger partial charge on any atom is -0.348 e. The number of nitrogens with one attached hydrogen (secondary N) is 2. The van der Waals surface area contributed by atoms with Crippen molar-refractivity contribution in [3.63, 3.8) is 0 Å². The molecule has 1 aromatic carbocycles. The Morgan fingerprint density at radius 1 is 1.26 bits per heavy atom. The number of unbranched alkanes of at least 4 members (excludes halogenated alkanes) is 1. The maximum absolute atomic E-state index is 13.3. The van der Waals surface area contributed by atoms with Crippen molar-refractivity contribution in [3.05, 3.63) is 47.2 Å².